The molecule has 0 spiro atoms. The number of hydrogen-bond acceptors (Lipinski definition) is 4. The van der Waals surface area contributed by atoms with Gasteiger partial charge >= 0.3 is 0 Å². The Morgan fingerprint density at radius 2 is 1.95 bits per heavy atom. The molecule has 0 saturated carbocycles. The van der Waals surface area contributed by atoms with Crippen molar-refractivity contribution < 1.29 is 9.53 Å². The van der Waals surface area contributed by atoms with E-state index >= 15 is 0 Å². The van der Waals surface area contributed by atoms with Crippen molar-refractivity contribution in [1.82, 2.24) is 9.80 Å². The second kappa shape index (κ2) is 7.96. The predicted molar refractivity (Wildman–Crippen MR) is 81.6 cm³/mol. The van der Waals surface area contributed by atoms with Crippen LogP contribution in [0.4, 0.5) is 0 Å². The van der Waals surface area contributed by atoms with Gasteiger partial charge in [-0.05, 0) is 25.4 Å². The molecular weight excluding hydrogens is 254 g/mol. The maximum Gasteiger partial charge on any atom is 0.245 e. The summed E-state index contributed by atoms with van der Waals surface area (Å²) in [6.07, 6.45) is 0.631. The van der Waals surface area contributed by atoms with Crippen LogP contribution >= 0.6 is 0 Å². The average Bonchev–Trinajstić information content (AvgIpc) is 2.85. The van der Waals surface area contributed by atoms with Crippen LogP contribution in [-0.4, -0.2) is 67.2 Å². The van der Waals surface area contributed by atoms with Crippen LogP contribution in [0.5, 0.6) is 0 Å². The molecule has 1 heterocycles. The second-order valence-corrected chi connectivity index (χ2v) is 6.13. The molecule has 0 aromatic carbocycles. The monoisotopic (exact) mass is 285 g/mol. The Bertz CT molecular complexity index is 297. The van der Waals surface area contributed by atoms with Crippen molar-refractivity contribution in [2.75, 3.05) is 45.9 Å². The van der Waals surface area contributed by atoms with E-state index in [1.807, 2.05) is 4.90 Å². The Kier molecular flexibility index (Phi) is 6.92. The maximum atomic E-state index is 12.7. The van der Waals surface area contributed by atoms with Gasteiger partial charge in [0.1, 0.15) is 5.54 Å². The zero-order valence-electron chi connectivity index (χ0n) is 13.5. The number of likely N-dealkylation sites (N-methyl/N-ethyl adjacent to an activating group) is 1. The summed E-state index contributed by atoms with van der Waals surface area (Å²) in [5.74, 6) is 0.498. The van der Waals surface area contributed by atoms with Crippen molar-refractivity contribution in [3.05, 3.63) is 0 Å². The van der Waals surface area contributed by atoms with E-state index in [1.54, 1.807) is 0 Å². The molecule has 118 valence electrons. The van der Waals surface area contributed by atoms with Gasteiger partial charge in [-0.25, -0.2) is 0 Å². The fraction of sp³-hybridized carbons (Fsp3) is 0.933. The minimum atomic E-state index is -0.807. The summed E-state index contributed by atoms with van der Waals surface area (Å²) >= 11 is 0. The summed E-state index contributed by atoms with van der Waals surface area (Å²) in [5.41, 5.74) is 5.41. The van der Waals surface area contributed by atoms with E-state index in [0.29, 0.717) is 25.6 Å². The number of carbonyl (C=O) groups is 1. The van der Waals surface area contributed by atoms with Crippen molar-refractivity contribution >= 4 is 5.91 Å². The van der Waals surface area contributed by atoms with Crippen molar-refractivity contribution in [1.29, 1.82) is 0 Å². The van der Waals surface area contributed by atoms with Crippen LogP contribution in [-0.2, 0) is 9.53 Å². The van der Waals surface area contributed by atoms with Crippen LogP contribution in [0.3, 0.4) is 0 Å². The van der Waals surface area contributed by atoms with Crippen LogP contribution in [0.15, 0.2) is 0 Å². The van der Waals surface area contributed by atoms with Crippen molar-refractivity contribution in [3.63, 3.8) is 0 Å². The Morgan fingerprint density at radius 3 is 2.40 bits per heavy atom. The normalized spacial score (nSPS) is 22.8. The SMILES string of the molecule is CCN(CC)CCN(CC(C)C)C(=O)C1(N)CCOC1. The van der Waals surface area contributed by atoms with Gasteiger partial charge in [-0.3, -0.25) is 4.79 Å². The molecule has 1 aliphatic rings. The van der Waals surface area contributed by atoms with Gasteiger partial charge in [-0.2, -0.15) is 0 Å². The van der Waals surface area contributed by atoms with E-state index in [4.69, 9.17) is 10.5 Å². The Labute approximate surface area is 123 Å². The first-order chi connectivity index (χ1) is 9.42. The molecule has 1 rings (SSSR count). The third-order valence-corrected chi connectivity index (χ3v) is 3.93. The largest absolute Gasteiger partial charge is 0.379 e. The highest BCUT2D eigenvalue weighted by molar-refractivity contribution is 5.86. The Balaban J connectivity index is 2.65. The van der Waals surface area contributed by atoms with Crippen LogP contribution < -0.4 is 5.73 Å². The van der Waals surface area contributed by atoms with Crippen molar-refractivity contribution in [2.24, 2.45) is 11.7 Å². The number of ether oxygens (including phenoxy) is 1. The minimum Gasteiger partial charge on any atom is -0.379 e. The van der Waals surface area contributed by atoms with E-state index in [-0.39, 0.29) is 5.91 Å². The van der Waals surface area contributed by atoms with Crippen molar-refractivity contribution in [2.45, 2.75) is 39.7 Å². The average molecular weight is 285 g/mol. The summed E-state index contributed by atoms with van der Waals surface area (Å²) in [5, 5.41) is 0. The lowest BCUT2D eigenvalue weighted by Crippen LogP contribution is -2.57. The third kappa shape index (κ3) is 4.72. The highest BCUT2D eigenvalue weighted by Gasteiger charge is 2.41. The number of amides is 1. The number of rotatable bonds is 8. The molecule has 1 saturated heterocycles. The molecule has 0 bridgehead atoms. The van der Waals surface area contributed by atoms with Gasteiger partial charge in [0.05, 0.1) is 6.61 Å². The molecule has 0 aliphatic carbocycles. The molecule has 5 heteroatoms. The zero-order chi connectivity index (χ0) is 15.2. The van der Waals surface area contributed by atoms with Crippen LogP contribution in [0.1, 0.15) is 34.1 Å². The predicted octanol–water partition coefficient (Wildman–Crippen LogP) is 0.931. The summed E-state index contributed by atoms with van der Waals surface area (Å²) in [6.45, 7) is 13.9. The summed E-state index contributed by atoms with van der Waals surface area (Å²) in [7, 11) is 0. The molecule has 0 aromatic rings. The van der Waals surface area contributed by atoms with Crippen LogP contribution in [0.2, 0.25) is 0 Å². The fourth-order valence-electron chi connectivity index (χ4n) is 2.58. The summed E-state index contributed by atoms with van der Waals surface area (Å²) in [4.78, 5) is 17.0. The number of hydrogen-bond donors (Lipinski definition) is 1. The van der Waals surface area contributed by atoms with Crippen molar-refractivity contribution in [3.8, 4) is 0 Å². The molecule has 1 atom stereocenters. The van der Waals surface area contributed by atoms with Crippen LogP contribution in [0.25, 0.3) is 0 Å². The Hall–Kier alpha value is -0.650. The molecule has 1 aliphatic heterocycles. The lowest BCUT2D eigenvalue weighted by atomic mass is 9.97. The molecule has 1 fully saturated rings. The quantitative estimate of drug-likeness (QED) is 0.721. The van der Waals surface area contributed by atoms with E-state index in [0.717, 1.165) is 32.7 Å². The van der Waals surface area contributed by atoms with Gasteiger partial charge in [0.15, 0.2) is 0 Å². The molecule has 1 amide bonds. The number of nitrogens with two attached hydrogens (primary N) is 1. The molecule has 2 N–H and O–H groups in total. The first-order valence-corrected chi connectivity index (χ1v) is 7.81. The maximum absolute atomic E-state index is 12.7. The first-order valence-electron chi connectivity index (χ1n) is 7.81. The molecule has 1 unspecified atom stereocenters. The standard InChI is InChI=1S/C15H31N3O2/c1-5-17(6-2)8-9-18(11-13(3)4)14(19)15(16)7-10-20-12-15/h13H,5-12,16H2,1-4H3. The lowest BCUT2D eigenvalue weighted by Gasteiger charge is -2.33. The zero-order valence-corrected chi connectivity index (χ0v) is 13.5. The van der Waals surface area contributed by atoms with Gasteiger partial charge in [-0.15, -0.1) is 0 Å². The molecule has 0 radical (unpaired) electrons. The molecule has 0 aromatic heterocycles. The lowest BCUT2D eigenvalue weighted by molar-refractivity contribution is -0.137. The number of nitrogens with zero attached hydrogens (tertiary/aromatic N) is 2. The minimum absolute atomic E-state index is 0.0517. The third-order valence-electron chi connectivity index (χ3n) is 3.93. The van der Waals surface area contributed by atoms with E-state index < -0.39 is 5.54 Å². The van der Waals surface area contributed by atoms with Gasteiger partial charge < -0.3 is 20.3 Å². The fourth-order valence-corrected chi connectivity index (χ4v) is 2.58. The summed E-state index contributed by atoms with van der Waals surface area (Å²) < 4.78 is 5.32. The molecular formula is C15H31N3O2. The number of carbonyl (C=O) groups excluding carboxylic acids is 1. The highest BCUT2D eigenvalue weighted by atomic mass is 16.5. The summed E-state index contributed by atoms with van der Waals surface area (Å²) in [6, 6.07) is 0. The van der Waals surface area contributed by atoms with Crippen LogP contribution in [0, 0.1) is 5.92 Å². The Morgan fingerprint density at radius 1 is 1.30 bits per heavy atom. The van der Waals surface area contributed by atoms with E-state index in [9.17, 15) is 4.79 Å². The van der Waals surface area contributed by atoms with E-state index in [2.05, 4.69) is 32.6 Å². The van der Waals surface area contributed by atoms with Gasteiger partial charge in [0.25, 0.3) is 0 Å². The highest BCUT2D eigenvalue weighted by Crippen LogP contribution is 2.19. The van der Waals surface area contributed by atoms with Gasteiger partial charge in [0, 0.05) is 26.2 Å². The smallest absolute Gasteiger partial charge is 0.245 e. The molecule has 5 nitrogen and oxygen atoms in total. The van der Waals surface area contributed by atoms with Gasteiger partial charge in [-0.1, -0.05) is 27.7 Å². The van der Waals surface area contributed by atoms with Gasteiger partial charge in [0.2, 0.25) is 5.91 Å². The first kappa shape index (κ1) is 17.4. The second-order valence-electron chi connectivity index (χ2n) is 6.13. The van der Waals surface area contributed by atoms with E-state index in [1.165, 1.54) is 0 Å². The topological polar surface area (TPSA) is 58.8 Å². The molecule has 20 heavy (non-hydrogen) atoms.